The summed E-state index contributed by atoms with van der Waals surface area (Å²) in [6.45, 7) is 0.648. The predicted molar refractivity (Wildman–Crippen MR) is 55.1 cm³/mol. The van der Waals surface area contributed by atoms with Crippen molar-refractivity contribution in [3.8, 4) is 5.75 Å². The van der Waals surface area contributed by atoms with Gasteiger partial charge in [-0.3, -0.25) is 0 Å². The Morgan fingerprint density at radius 3 is 2.80 bits per heavy atom. The summed E-state index contributed by atoms with van der Waals surface area (Å²) >= 11 is 0. The predicted octanol–water partition coefficient (Wildman–Crippen LogP) is 0.487. The summed E-state index contributed by atoms with van der Waals surface area (Å²) in [7, 11) is 0. The molecule has 0 unspecified atom stereocenters. The highest BCUT2D eigenvalue weighted by molar-refractivity contribution is 5.65. The number of nitrogen functional groups attached to an aromatic ring is 1. The van der Waals surface area contributed by atoms with Crippen molar-refractivity contribution >= 4 is 12.0 Å². The fourth-order valence-electron chi connectivity index (χ4n) is 1.21. The minimum atomic E-state index is -0.549. The fourth-order valence-corrected chi connectivity index (χ4v) is 1.21. The van der Waals surface area contributed by atoms with E-state index in [0.29, 0.717) is 30.8 Å². The maximum Gasteiger partial charge on any atom is 0.146 e. The Balaban J connectivity index is 3.02. The summed E-state index contributed by atoms with van der Waals surface area (Å²) < 4.78 is 18.3. The lowest BCUT2D eigenvalue weighted by atomic mass is 10.1. The molecule has 4 nitrogen and oxygen atoms in total. The van der Waals surface area contributed by atoms with Gasteiger partial charge in [0.1, 0.15) is 24.5 Å². The van der Waals surface area contributed by atoms with Crippen molar-refractivity contribution in [2.24, 2.45) is 5.73 Å². The molecule has 1 aromatic rings. The fraction of sp³-hybridized carbons (Fsp3) is 0.300. The van der Waals surface area contributed by atoms with E-state index in [1.807, 2.05) is 0 Å². The third kappa shape index (κ3) is 2.66. The van der Waals surface area contributed by atoms with E-state index in [1.54, 1.807) is 0 Å². The first-order valence-corrected chi connectivity index (χ1v) is 4.54. The Kier molecular flexibility index (Phi) is 4.05. The average Bonchev–Trinajstić information content (AvgIpc) is 2.24. The van der Waals surface area contributed by atoms with Crippen molar-refractivity contribution in [3.05, 3.63) is 23.5 Å². The highest BCUT2D eigenvalue weighted by atomic mass is 19.1. The summed E-state index contributed by atoms with van der Waals surface area (Å²) in [6, 6.07) is 2.65. The number of anilines is 1. The van der Waals surface area contributed by atoms with Gasteiger partial charge in [-0.1, -0.05) is 0 Å². The molecule has 0 fully saturated rings. The van der Waals surface area contributed by atoms with E-state index < -0.39 is 5.82 Å². The molecule has 0 aromatic heterocycles. The van der Waals surface area contributed by atoms with Crippen LogP contribution in [0.15, 0.2) is 12.1 Å². The van der Waals surface area contributed by atoms with Crippen molar-refractivity contribution in [1.82, 2.24) is 0 Å². The van der Waals surface area contributed by atoms with E-state index in [9.17, 15) is 9.18 Å². The highest BCUT2D eigenvalue weighted by Gasteiger charge is 2.11. The second kappa shape index (κ2) is 5.31. The number of aldehydes is 1. The van der Waals surface area contributed by atoms with Crippen molar-refractivity contribution in [2.45, 2.75) is 6.42 Å². The van der Waals surface area contributed by atoms with Crippen LogP contribution in [0, 0.1) is 5.82 Å². The zero-order chi connectivity index (χ0) is 11.3. The largest absolute Gasteiger partial charge is 0.492 e. The van der Waals surface area contributed by atoms with Crippen LogP contribution in [-0.2, 0) is 11.2 Å². The molecule has 1 rings (SSSR count). The molecule has 0 radical (unpaired) electrons. The molecule has 0 heterocycles. The van der Waals surface area contributed by atoms with Gasteiger partial charge in [-0.15, -0.1) is 0 Å². The van der Waals surface area contributed by atoms with Crippen molar-refractivity contribution < 1.29 is 13.9 Å². The minimum absolute atomic E-state index is 0.0312. The van der Waals surface area contributed by atoms with E-state index in [-0.39, 0.29) is 12.1 Å². The number of hydrogen-bond donors (Lipinski definition) is 2. The third-order valence-corrected chi connectivity index (χ3v) is 1.92. The Morgan fingerprint density at radius 2 is 2.20 bits per heavy atom. The molecule has 0 amide bonds. The van der Waals surface area contributed by atoms with Gasteiger partial charge in [-0.25, -0.2) is 4.39 Å². The van der Waals surface area contributed by atoms with Gasteiger partial charge in [0.25, 0.3) is 0 Å². The lowest BCUT2D eigenvalue weighted by Crippen LogP contribution is -2.12. The number of nitrogens with two attached hydrogens (primary N) is 2. The SMILES string of the molecule is NCCOc1ccc(F)c(N)c1CC=O. The van der Waals surface area contributed by atoms with E-state index in [4.69, 9.17) is 16.2 Å². The summed E-state index contributed by atoms with van der Waals surface area (Å²) in [6.07, 6.45) is 0.684. The molecule has 0 aliphatic rings. The van der Waals surface area contributed by atoms with E-state index >= 15 is 0 Å². The van der Waals surface area contributed by atoms with Crippen LogP contribution in [0.25, 0.3) is 0 Å². The normalized spacial score (nSPS) is 10.0. The number of carbonyl (C=O) groups excluding carboxylic acids is 1. The lowest BCUT2D eigenvalue weighted by Gasteiger charge is -2.11. The third-order valence-electron chi connectivity index (χ3n) is 1.92. The maximum atomic E-state index is 13.1. The molecule has 0 atom stereocenters. The first kappa shape index (κ1) is 11.5. The first-order valence-electron chi connectivity index (χ1n) is 4.54. The maximum absolute atomic E-state index is 13.1. The van der Waals surface area contributed by atoms with Crippen LogP contribution in [0.2, 0.25) is 0 Å². The lowest BCUT2D eigenvalue weighted by molar-refractivity contribution is -0.107. The number of ether oxygens (including phenoxy) is 1. The van der Waals surface area contributed by atoms with Crippen LogP contribution in [0.4, 0.5) is 10.1 Å². The van der Waals surface area contributed by atoms with Crippen molar-refractivity contribution in [1.29, 1.82) is 0 Å². The zero-order valence-corrected chi connectivity index (χ0v) is 8.20. The molecule has 0 spiro atoms. The van der Waals surface area contributed by atoms with Gasteiger partial charge < -0.3 is 21.0 Å². The van der Waals surface area contributed by atoms with E-state index in [1.165, 1.54) is 12.1 Å². The summed E-state index contributed by atoms with van der Waals surface area (Å²) in [4.78, 5) is 10.4. The van der Waals surface area contributed by atoms with Gasteiger partial charge in [-0.2, -0.15) is 0 Å². The average molecular weight is 212 g/mol. The van der Waals surface area contributed by atoms with Crippen LogP contribution in [0.3, 0.4) is 0 Å². The summed E-state index contributed by atoms with van der Waals surface area (Å²) in [5, 5.41) is 0. The van der Waals surface area contributed by atoms with Gasteiger partial charge in [0.05, 0.1) is 5.69 Å². The van der Waals surface area contributed by atoms with Crippen LogP contribution < -0.4 is 16.2 Å². The molecule has 0 saturated heterocycles. The standard InChI is InChI=1S/C10H13FN2O2/c11-8-1-2-9(15-6-4-12)7(3-5-14)10(8)13/h1-2,5H,3-4,6,12-13H2. The smallest absolute Gasteiger partial charge is 0.146 e. The molecule has 1 aromatic carbocycles. The molecule has 4 N–H and O–H groups in total. The van der Waals surface area contributed by atoms with E-state index in [2.05, 4.69) is 0 Å². The molecule has 0 aliphatic heterocycles. The number of hydrogen-bond acceptors (Lipinski definition) is 4. The van der Waals surface area contributed by atoms with Crippen molar-refractivity contribution in [2.75, 3.05) is 18.9 Å². The van der Waals surface area contributed by atoms with Gasteiger partial charge in [-0.05, 0) is 12.1 Å². The highest BCUT2D eigenvalue weighted by Crippen LogP contribution is 2.27. The number of halogens is 1. The number of carbonyl (C=O) groups is 1. The molecule has 15 heavy (non-hydrogen) atoms. The van der Waals surface area contributed by atoms with Crippen LogP contribution >= 0.6 is 0 Å². The Labute approximate surface area is 87.0 Å². The summed E-state index contributed by atoms with van der Waals surface area (Å²) in [5.74, 6) is -0.140. The molecule has 0 saturated carbocycles. The Hall–Kier alpha value is -1.62. The number of benzene rings is 1. The molecule has 82 valence electrons. The van der Waals surface area contributed by atoms with Crippen LogP contribution in [-0.4, -0.2) is 19.4 Å². The molecule has 5 heteroatoms. The molecule has 0 bridgehead atoms. The molecular weight excluding hydrogens is 199 g/mol. The second-order valence-corrected chi connectivity index (χ2v) is 2.95. The first-order chi connectivity index (χ1) is 7.20. The Morgan fingerprint density at radius 1 is 1.47 bits per heavy atom. The zero-order valence-electron chi connectivity index (χ0n) is 8.20. The molecule has 0 aliphatic carbocycles. The monoisotopic (exact) mass is 212 g/mol. The number of rotatable bonds is 5. The second-order valence-electron chi connectivity index (χ2n) is 2.95. The van der Waals surface area contributed by atoms with Gasteiger partial charge >= 0.3 is 0 Å². The molecular formula is C10H13FN2O2. The van der Waals surface area contributed by atoms with Crippen molar-refractivity contribution in [3.63, 3.8) is 0 Å². The van der Waals surface area contributed by atoms with Crippen LogP contribution in [0.5, 0.6) is 5.75 Å². The van der Waals surface area contributed by atoms with Gasteiger partial charge in [0, 0.05) is 18.5 Å². The van der Waals surface area contributed by atoms with E-state index in [0.717, 1.165) is 0 Å². The van der Waals surface area contributed by atoms with Crippen LogP contribution in [0.1, 0.15) is 5.56 Å². The summed E-state index contributed by atoms with van der Waals surface area (Å²) in [5.41, 5.74) is 11.1. The van der Waals surface area contributed by atoms with Gasteiger partial charge in [0.2, 0.25) is 0 Å². The Bertz CT molecular complexity index is 356. The quantitative estimate of drug-likeness (QED) is 0.550. The minimum Gasteiger partial charge on any atom is -0.492 e. The topological polar surface area (TPSA) is 78.3 Å². The van der Waals surface area contributed by atoms with Gasteiger partial charge in [0.15, 0.2) is 0 Å².